The Bertz CT molecular complexity index is 1130. The average Bonchev–Trinajstić information content (AvgIpc) is 3.46. The molecule has 2 aromatic carbocycles. The van der Waals surface area contributed by atoms with Crippen LogP contribution in [-0.4, -0.2) is 44.4 Å². The summed E-state index contributed by atoms with van der Waals surface area (Å²) in [4.78, 5) is 4.68. The van der Waals surface area contributed by atoms with Crippen LogP contribution in [0.5, 0.6) is 11.5 Å². The number of hydrogen-bond donors (Lipinski definition) is 2. The zero-order chi connectivity index (χ0) is 23.9. The Morgan fingerprint density at radius 1 is 1.18 bits per heavy atom. The summed E-state index contributed by atoms with van der Waals surface area (Å²) in [7, 11) is 0. The molecule has 4 rings (SSSR count). The van der Waals surface area contributed by atoms with E-state index >= 15 is 0 Å². The van der Waals surface area contributed by atoms with Crippen LogP contribution in [0.2, 0.25) is 0 Å². The lowest BCUT2D eigenvalue weighted by Crippen LogP contribution is -2.21. The lowest BCUT2D eigenvalue weighted by molar-refractivity contribution is 0.287. The lowest BCUT2D eigenvalue weighted by Gasteiger charge is -2.14. The van der Waals surface area contributed by atoms with Gasteiger partial charge in [-0.3, -0.25) is 0 Å². The summed E-state index contributed by atoms with van der Waals surface area (Å²) in [6.45, 7) is 5.74. The molecule has 2 atom stereocenters. The molecule has 0 radical (unpaired) electrons. The Labute approximate surface area is 202 Å². The molecule has 1 heterocycles. The van der Waals surface area contributed by atoms with E-state index in [-0.39, 0.29) is 6.04 Å². The standard InChI is InChI=1S/C25H31N3O5S/c1-3-31-22-12-9-17(15-23(22)32-4-2)16-24-27-25(28-33-24)20-8-5-7-19-18(20)10-11-21(19)26-13-6-14-34(29)30/h5,7-9,12,15,21,26H,3-4,6,10-11,13-14,16H2,1-2H3,(H,29,30). The van der Waals surface area contributed by atoms with Gasteiger partial charge >= 0.3 is 0 Å². The van der Waals surface area contributed by atoms with Crippen LogP contribution in [0.25, 0.3) is 11.4 Å². The Kier molecular flexibility index (Phi) is 8.31. The van der Waals surface area contributed by atoms with Gasteiger partial charge in [0.05, 0.1) is 25.4 Å². The molecular formula is C25H31N3O5S. The molecule has 2 unspecified atom stereocenters. The first-order chi connectivity index (χ1) is 16.6. The monoisotopic (exact) mass is 485 g/mol. The summed E-state index contributed by atoms with van der Waals surface area (Å²) in [5.41, 5.74) is 4.48. The minimum atomic E-state index is -1.74. The predicted octanol–water partition coefficient (Wildman–Crippen LogP) is 4.31. The number of ether oxygens (including phenoxy) is 2. The third-order valence-corrected chi connectivity index (χ3v) is 6.47. The summed E-state index contributed by atoms with van der Waals surface area (Å²) in [6.07, 6.45) is 3.07. The van der Waals surface area contributed by atoms with Crippen molar-refractivity contribution in [2.24, 2.45) is 0 Å². The van der Waals surface area contributed by atoms with Gasteiger partial charge in [-0.05, 0) is 68.5 Å². The van der Waals surface area contributed by atoms with Gasteiger partial charge in [-0.1, -0.05) is 29.4 Å². The normalized spacial score (nSPS) is 15.8. The molecule has 0 aliphatic heterocycles. The van der Waals surface area contributed by atoms with Crippen LogP contribution >= 0.6 is 0 Å². The number of rotatable bonds is 12. The molecule has 9 heteroatoms. The molecule has 0 saturated heterocycles. The predicted molar refractivity (Wildman–Crippen MR) is 131 cm³/mol. The van der Waals surface area contributed by atoms with Gasteiger partial charge in [-0.25, -0.2) is 4.21 Å². The van der Waals surface area contributed by atoms with Gasteiger partial charge in [0.25, 0.3) is 0 Å². The van der Waals surface area contributed by atoms with Crippen LogP contribution < -0.4 is 14.8 Å². The average molecular weight is 486 g/mol. The fourth-order valence-corrected chi connectivity index (χ4v) is 4.76. The number of nitrogens with one attached hydrogen (secondary N) is 1. The van der Waals surface area contributed by atoms with Gasteiger partial charge in [-0.15, -0.1) is 0 Å². The van der Waals surface area contributed by atoms with Gasteiger partial charge in [0, 0.05) is 11.6 Å². The van der Waals surface area contributed by atoms with Gasteiger partial charge in [0.2, 0.25) is 11.7 Å². The van der Waals surface area contributed by atoms with E-state index in [2.05, 4.69) is 21.5 Å². The van der Waals surface area contributed by atoms with Crippen molar-refractivity contribution >= 4 is 11.1 Å². The maximum atomic E-state index is 10.8. The molecule has 3 aromatic rings. The molecule has 182 valence electrons. The molecule has 0 spiro atoms. The quantitative estimate of drug-likeness (QED) is 0.289. The molecule has 1 aromatic heterocycles. The Hall–Kier alpha value is -2.75. The second-order valence-corrected chi connectivity index (χ2v) is 9.18. The molecule has 2 N–H and O–H groups in total. The van der Waals surface area contributed by atoms with Crippen molar-refractivity contribution in [2.75, 3.05) is 25.5 Å². The maximum Gasteiger partial charge on any atom is 0.231 e. The van der Waals surface area contributed by atoms with Crippen molar-refractivity contribution in [1.29, 1.82) is 0 Å². The molecular weight excluding hydrogens is 454 g/mol. The van der Waals surface area contributed by atoms with Gasteiger partial charge < -0.3 is 23.9 Å². The van der Waals surface area contributed by atoms with Crippen molar-refractivity contribution in [3.8, 4) is 22.9 Å². The van der Waals surface area contributed by atoms with Crippen molar-refractivity contribution in [3.63, 3.8) is 0 Å². The maximum absolute atomic E-state index is 10.8. The van der Waals surface area contributed by atoms with E-state index < -0.39 is 11.1 Å². The fourth-order valence-electron chi connectivity index (χ4n) is 4.36. The minimum absolute atomic E-state index is 0.231. The van der Waals surface area contributed by atoms with Crippen LogP contribution in [0.15, 0.2) is 40.9 Å². The van der Waals surface area contributed by atoms with Crippen molar-refractivity contribution in [1.82, 2.24) is 15.5 Å². The van der Waals surface area contributed by atoms with E-state index in [4.69, 9.17) is 18.5 Å². The topological polar surface area (TPSA) is 107 Å². The highest BCUT2D eigenvalue weighted by atomic mass is 32.2. The molecule has 0 saturated carbocycles. The zero-order valence-electron chi connectivity index (χ0n) is 19.6. The van der Waals surface area contributed by atoms with Crippen LogP contribution in [0.4, 0.5) is 0 Å². The van der Waals surface area contributed by atoms with E-state index in [1.807, 2.05) is 44.2 Å². The van der Waals surface area contributed by atoms with Crippen molar-refractivity contribution in [3.05, 3.63) is 59.0 Å². The molecule has 8 nitrogen and oxygen atoms in total. The van der Waals surface area contributed by atoms with Crippen LogP contribution in [0, 0.1) is 0 Å². The first-order valence-electron chi connectivity index (χ1n) is 11.7. The van der Waals surface area contributed by atoms with E-state index in [0.717, 1.165) is 29.7 Å². The van der Waals surface area contributed by atoms with Crippen LogP contribution in [0.3, 0.4) is 0 Å². The summed E-state index contributed by atoms with van der Waals surface area (Å²) >= 11 is -1.74. The fraction of sp³-hybridized carbons (Fsp3) is 0.440. The number of hydrogen-bond acceptors (Lipinski definition) is 7. The Balaban J connectivity index is 1.47. The lowest BCUT2D eigenvalue weighted by atomic mass is 10.0. The van der Waals surface area contributed by atoms with Gasteiger partial charge in [0.15, 0.2) is 22.6 Å². The van der Waals surface area contributed by atoms with E-state index in [1.165, 1.54) is 11.1 Å². The highest BCUT2D eigenvalue weighted by Gasteiger charge is 2.26. The SMILES string of the molecule is CCOc1ccc(Cc2nc(-c3cccc4c3CCC4NCCCS(=O)O)no2)cc1OCC. The van der Waals surface area contributed by atoms with E-state index in [1.54, 1.807) is 0 Å². The third-order valence-electron chi connectivity index (χ3n) is 5.83. The van der Waals surface area contributed by atoms with Crippen LogP contribution in [-0.2, 0) is 23.9 Å². The Morgan fingerprint density at radius 2 is 2.00 bits per heavy atom. The molecule has 1 aliphatic carbocycles. The smallest absolute Gasteiger partial charge is 0.231 e. The first-order valence-corrected chi connectivity index (χ1v) is 13.0. The summed E-state index contributed by atoms with van der Waals surface area (Å²) in [5, 5.41) is 7.77. The summed E-state index contributed by atoms with van der Waals surface area (Å²) in [6, 6.07) is 12.3. The van der Waals surface area contributed by atoms with Crippen LogP contribution in [0.1, 0.15) is 55.3 Å². The second kappa shape index (κ2) is 11.6. The molecule has 34 heavy (non-hydrogen) atoms. The zero-order valence-corrected chi connectivity index (χ0v) is 20.4. The number of aromatic nitrogens is 2. The first kappa shape index (κ1) is 24.4. The Morgan fingerprint density at radius 3 is 2.79 bits per heavy atom. The van der Waals surface area contributed by atoms with Gasteiger partial charge in [0.1, 0.15) is 0 Å². The van der Waals surface area contributed by atoms with E-state index in [9.17, 15) is 4.21 Å². The van der Waals surface area contributed by atoms with Crippen molar-refractivity contribution < 1.29 is 22.8 Å². The largest absolute Gasteiger partial charge is 0.490 e. The summed E-state index contributed by atoms with van der Waals surface area (Å²) < 4.78 is 36.7. The van der Waals surface area contributed by atoms with Crippen molar-refractivity contribution in [2.45, 2.75) is 45.6 Å². The third kappa shape index (κ3) is 5.84. The van der Waals surface area contributed by atoms with E-state index in [0.29, 0.717) is 55.8 Å². The van der Waals surface area contributed by atoms with Gasteiger partial charge in [-0.2, -0.15) is 4.98 Å². The second-order valence-electron chi connectivity index (χ2n) is 8.13. The molecule has 0 bridgehead atoms. The number of benzene rings is 2. The summed E-state index contributed by atoms with van der Waals surface area (Å²) in [5.74, 6) is 2.87. The highest BCUT2D eigenvalue weighted by Crippen LogP contribution is 2.37. The number of nitrogens with zero attached hydrogens (tertiary/aromatic N) is 2. The molecule has 0 amide bonds. The number of fused-ring (bicyclic) bond motifs is 1. The molecule has 0 fully saturated rings. The molecule has 1 aliphatic rings. The minimum Gasteiger partial charge on any atom is -0.490 e. The highest BCUT2D eigenvalue weighted by molar-refractivity contribution is 7.79.